The summed E-state index contributed by atoms with van der Waals surface area (Å²) in [5.41, 5.74) is 0. The Morgan fingerprint density at radius 1 is 0.682 bits per heavy atom. The summed E-state index contributed by atoms with van der Waals surface area (Å²) in [6, 6.07) is 0. The second-order valence-corrected chi connectivity index (χ2v) is 4.28. The van der Waals surface area contributed by atoms with E-state index in [1.165, 1.54) is 20.8 Å². The van der Waals surface area contributed by atoms with Gasteiger partial charge in [0.25, 0.3) is 0 Å². The van der Waals surface area contributed by atoms with Gasteiger partial charge >= 0.3 is 18.0 Å². The Balaban J connectivity index is -0.000000108. The fourth-order valence-corrected chi connectivity index (χ4v) is 0.724. The predicted octanol–water partition coefficient (Wildman–Crippen LogP) is -4.86. The van der Waals surface area contributed by atoms with Crippen LogP contribution in [0.5, 0.6) is 0 Å². The molecular weight excluding hydrogens is 363 g/mol. The minimum absolute atomic E-state index is 0. The number of aliphatic hydroxyl groups is 3. The van der Waals surface area contributed by atoms with Gasteiger partial charge in [-0.1, -0.05) is 0 Å². The summed E-state index contributed by atoms with van der Waals surface area (Å²) in [7, 11) is 0. The Kier molecular flexibility index (Phi) is 23.5. The van der Waals surface area contributed by atoms with Crippen LogP contribution < -0.4 is 15.3 Å². The van der Waals surface area contributed by atoms with Crippen molar-refractivity contribution in [3.05, 3.63) is 0 Å². The van der Waals surface area contributed by atoms with Gasteiger partial charge in [0.15, 0.2) is 0 Å². The van der Waals surface area contributed by atoms with Crippen LogP contribution in [0.15, 0.2) is 0 Å². The van der Waals surface area contributed by atoms with Gasteiger partial charge in [-0.25, -0.2) is 0 Å². The van der Waals surface area contributed by atoms with Crippen LogP contribution in [-0.4, -0.2) is 69.5 Å². The number of carbonyl (C=O) groups excluding carboxylic acids is 3. The molecule has 22 heavy (non-hydrogen) atoms. The van der Waals surface area contributed by atoms with Crippen LogP contribution >= 0.6 is 0 Å². The fraction of sp³-hybridized carbons (Fsp3) is 0.750. The van der Waals surface area contributed by atoms with Crippen LogP contribution in [0.1, 0.15) is 40.0 Å². The smallest absolute Gasteiger partial charge is 0.550 e. The first-order valence-corrected chi connectivity index (χ1v) is 6.02. The summed E-state index contributed by atoms with van der Waals surface area (Å²) in [5.74, 6) is -3.64. The molecule has 0 bridgehead atoms. The molecule has 0 heterocycles. The molecule has 3 unspecified atom stereocenters. The van der Waals surface area contributed by atoms with Gasteiger partial charge in [0.05, 0.1) is 18.3 Å². The average molecular weight is 384 g/mol. The first-order valence-electron chi connectivity index (χ1n) is 6.02. The zero-order valence-corrected chi connectivity index (χ0v) is 14.5. The van der Waals surface area contributed by atoms with E-state index in [-0.39, 0.29) is 37.2 Å². The number of hydrogen-bond acceptors (Lipinski definition) is 9. The van der Waals surface area contributed by atoms with E-state index in [0.29, 0.717) is 0 Å². The second kappa shape index (κ2) is 17.9. The number of carboxylic acids is 3. The molecule has 0 spiro atoms. The van der Waals surface area contributed by atoms with E-state index in [0.717, 1.165) is 0 Å². The number of aliphatic carboxylic acids is 3. The Hall–Kier alpha value is -1.15. The van der Waals surface area contributed by atoms with Crippen LogP contribution in [0.4, 0.5) is 0 Å². The molecule has 0 saturated heterocycles. The maximum absolute atomic E-state index is 9.54. The maximum Gasteiger partial charge on any atom is 3.00 e. The summed E-state index contributed by atoms with van der Waals surface area (Å²) < 4.78 is 0. The Morgan fingerprint density at radius 2 is 0.818 bits per heavy atom. The number of rotatable bonds is 6. The molecule has 0 aliphatic heterocycles. The third kappa shape index (κ3) is 51.0. The molecule has 3 N–H and O–H groups in total. The van der Waals surface area contributed by atoms with Gasteiger partial charge in [0, 0.05) is 37.2 Å². The van der Waals surface area contributed by atoms with Crippen LogP contribution in [0.3, 0.4) is 0 Å². The quantitative estimate of drug-likeness (QED) is 0.378. The summed E-state index contributed by atoms with van der Waals surface area (Å²) in [6.45, 7) is 4.20. The molecule has 0 aliphatic carbocycles. The zero-order chi connectivity index (χ0) is 17.6. The predicted molar refractivity (Wildman–Crippen MR) is 69.7 cm³/mol. The molecule has 0 amide bonds. The van der Waals surface area contributed by atoms with E-state index in [9.17, 15) is 29.7 Å². The van der Waals surface area contributed by atoms with Gasteiger partial charge < -0.3 is 45.0 Å². The van der Waals surface area contributed by atoms with Crippen LogP contribution in [0, 0.1) is 0 Å². The number of aliphatic hydroxyl groups excluding tert-OH is 3. The molecule has 128 valence electrons. The summed E-state index contributed by atoms with van der Waals surface area (Å²) in [4.78, 5) is 28.6. The molecule has 0 rings (SSSR count). The average Bonchev–Trinajstić information content (AvgIpc) is 2.10. The van der Waals surface area contributed by atoms with E-state index in [2.05, 4.69) is 0 Å². The summed E-state index contributed by atoms with van der Waals surface area (Å²) >= 11 is 0. The molecule has 0 saturated carbocycles. The van der Waals surface area contributed by atoms with Crippen molar-refractivity contribution in [1.29, 1.82) is 0 Å². The molecule has 9 nitrogen and oxygen atoms in total. The maximum atomic E-state index is 9.54. The SMILES string of the molecule is CC(O)CC(=O)[O-].CC(O)CC(=O)[O-].CC(O)CC(=O)[O-].[As+3]. The molecule has 0 aromatic carbocycles. The molecule has 2 radical (unpaired) electrons. The molecule has 0 aromatic rings. The van der Waals surface area contributed by atoms with Crippen molar-refractivity contribution in [1.82, 2.24) is 0 Å². The molecular formula is C12H21AsO9. The molecule has 0 fully saturated rings. The zero-order valence-electron chi connectivity index (χ0n) is 12.6. The number of hydrogen-bond donors (Lipinski definition) is 3. The number of carboxylic acid groups (broad SMARTS) is 3. The summed E-state index contributed by atoms with van der Waals surface area (Å²) in [5, 5.41) is 53.5. The van der Waals surface area contributed by atoms with Gasteiger partial charge in [-0.15, -0.1) is 0 Å². The van der Waals surface area contributed by atoms with E-state index in [4.69, 9.17) is 15.3 Å². The molecule has 3 atom stereocenters. The fourth-order valence-electron chi connectivity index (χ4n) is 0.724. The van der Waals surface area contributed by atoms with Crippen molar-refractivity contribution in [2.24, 2.45) is 0 Å². The largest absolute Gasteiger partial charge is 3.00 e. The van der Waals surface area contributed by atoms with Gasteiger partial charge in [-0.2, -0.15) is 0 Å². The topological polar surface area (TPSA) is 181 Å². The Morgan fingerprint density at radius 3 is 0.818 bits per heavy atom. The third-order valence-corrected chi connectivity index (χ3v) is 1.39. The van der Waals surface area contributed by atoms with Crippen LogP contribution in [-0.2, 0) is 14.4 Å². The van der Waals surface area contributed by atoms with Crippen molar-refractivity contribution in [2.75, 3.05) is 0 Å². The minimum atomic E-state index is -1.21. The van der Waals surface area contributed by atoms with Crippen molar-refractivity contribution < 1.29 is 45.0 Å². The molecule has 10 heteroatoms. The Labute approximate surface area is 139 Å². The van der Waals surface area contributed by atoms with Gasteiger partial charge in [0.1, 0.15) is 0 Å². The summed E-state index contributed by atoms with van der Waals surface area (Å²) in [6.07, 6.45) is -3.19. The van der Waals surface area contributed by atoms with Gasteiger partial charge in [0.2, 0.25) is 0 Å². The van der Waals surface area contributed by atoms with E-state index < -0.39 is 36.2 Å². The van der Waals surface area contributed by atoms with E-state index >= 15 is 0 Å². The monoisotopic (exact) mass is 384 g/mol. The molecule has 0 aromatic heterocycles. The van der Waals surface area contributed by atoms with Crippen molar-refractivity contribution in [3.63, 3.8) is 0 Å². The first-order chi connectivity index (χ1) is 9.38. The molecule has 0 aliphatic rings. The van der Waals surface area contributed by atoms with Crippen molar-refractivity contribution in [2.45, 2.75) is 58.3 Å². The number of carbonyl (C=O) groups is 3. The first kappa shape index (κ1) is 28.9. The van der Waals surface area contributed by atoms with Crippen molar-refractivity contribution >= 4 is 35.9 Å². The van der Waals surface area contributed by atoms with Crippen LogP contribution in [0.2, 0.25) is 0 Å². The van der Waals surface area contributed by atoms with Crippen LogP contribution in [0.25, 0.3) is 0 Å². The van der Waals surface area contributed by atoms with Gasteiger partial charge in [-0.05, 0) is 20.8 Å². The second-order valence-electron chi connectivity index (χ2n) is 4.28. The van der Waals surface area contributed by atoms with E-state index in [1.807, 2.05) is 0 Å². The van der Waals surface area contributed by atoms with Gasteiger partial charge in [-0.3, -0.25) is 0 Å². The van der Waals surface area contributed by atoms with E-state index in [1.54, 1.807) is 0 Å². The third-order valence-electron chi connectivity index (χ3n) is 1.39. The van der Waals surface area contributed by atoms with Crippen molar-refractivity contribution in [3.8, 4) is 0 Å². The standard InChI is InChI=1S/3C4H8O3.As/c3*1-3(5)2-4(6)7;/h3*3,5H,2H2,1H3,(H,6,7);/q;;;+3/p-3. The Bertz CT molecular complexity index is 255. The minimum Gasteiger partial charge on any atom is -0.550 e. The normalized spacial score (nSPS) is 12.8.